The largest absolute Gasteiger partial charge is 0.491 e. The molecule has 0 aliphatic carbocycles. The van der Waals surface area contributed by atoms with E-state index in [4.69, 9.17) is 28.4 Å². The molecule has 238 valence electrons. The number of non-ortho nitro benzene ring substituents is 1. The minimum absolute atomic E-state index is 0.00245. The number of esters is 1. The van der Waals surface area contributed by atoms with Gasteiger partial charge in [-0.2, -0.15) is 13.2 Å². The molecule has 3 rings (SSSR count). The molecule has 0 aliphatic rings. The lowest BCUT2D eigenvalue weighted by molar-refractivity contribution is -0.384. The van der Waals surface area contributed by atoms with Crippen molar-refractivity contribution in [1.29, 1.82) is 0 Å². The van der Waals surface area contributed by atoms with Crippen LogP contribution in [0, 0.1) is 10.1 Å². The minimum atomic E-state index is -4.48. The maximum absolute atomic E-state index is 13.0. The molecule has 11 nitrogen and oxygen atoms in total. The molecule has 1 N–H and O–H groups in total. The number of rotatable bonds is 20. The molecule has 3 aromatic rings. The van der Waals surface area contributed by atoms with Crippen molar-refractivity contribution < 1.29 is 51.3 Å². The van der Waals surface area contributed by atoms with Gasteiger partial charge in [-0.1, -0.05) is 18.2 Å². The average molecular weight is 623 g/mol. The summed E-state index contributed by atoms with van der Waals surface area (Å²) in [5.74, 6) is -0.121. The third-order valence-electron chi connectivity index (χ3n) is 5.74. The van der Waals surface area contributed by atoms with Crippen molar-refractivity contribution in [2.75, 3.05) is 71.4 Å². The molecule has 0 aliphatic heterocycles. The molecule has 0 bridgehead atoms. The number of hydrogen-bond acceptors (Lipinski definition) is 10. The highest BCUT2D eigenvalue weighted by Gasteiger charge is 2.30. The second-order valence-electron chi connectivity index (χ2n) is 8.93. The van der Waals surface area contributed by atoms with Gasteiger partial charge in [0.05, 0.1) is 74.6 Å². The zero-order valence-corrected chi connectivity index (χ0v) is 23.8. The van der Waals surface area contributed by atoms with E-state index < -0.39 is 22.6 Å². The molecule has 44 heavy (non-hydrogen) atoms. The topological polar surface area (TPSA) is 128 Å². The molecule has 3 aromatic carbocycles. The first-order chi connectivity index (χ1) is 21.2. The first-order valence-electron chi connectivity index (χ1n) is 13.6. The Morgan fingerprint density at radius 2 is 1.30 bits per heavy atom. The molecule has 0 saturated carbocycles. The normalized spacial score (nSPS) is 11.2. The summed E-state index contributed by atoms with van der Waals surface area (Å²) in [6, 6.07) is 16.8. The monoisotopic (exact) mass is 622 g/mol. The summed E-state index contributed by atoms with van der Waals surface area (Å²) in [4.78, 5) is 22.7. The molecular weight excluding hydrogens is 589 g/mol. The van der Waals surface area contributed by atoms with Crippen LogP contribution in [0.3, 0.4) is 0 Å². The lowest BCUT2D eigenvalue weighted by Crippen LogP contribution is -2.15. The summed E-state index contributed by atoms with van der Waals surface area (Å²) >= 11 is 0. The Morgan fingerprint density at radius 3 is 1.89 bits per heavy atom. The van der Waals surface area contributed by atoms with Crippen molar-refractivity contribution in [2.45, 2.75) is 6.18 Å². The molecule has 14 heteroatoms. The predicted octanol–water partition coefficient (Wildman–Crippen LogP) is 5.66. The van der Waals surface area contributed by atoms with E-state index in [0.717, 1.165) is 12.1 Å². The fourth-order valence-corrected chi connectivity index (χ4v) is 3.61. The number of ether oxygens (including phenoxy) is 6. The van der Waals surface area contributed by atoms with Crippen LogP contribution in [-0.2, 0) is 29.9 Å². The van der Waals surface area contributed by atoms with Crippen molar-refractivity contribution in [3.05, 3.63) is 94.0 Å². The summed E-state index contributed by atoms with van der Waals surface area (Å²) in [7, 11) is 0. The Morgan fingerprint density at radius 1 is 0.727 bits per heavy atom. The number of carbonyl (C=O) groups is 1. The van der Waals surface area contributed by atoms with E-state index in [9.17, 15) is 28.1 Å². The predicted molar refractivity (Wildman–Crippen MR) is 153 cm³/mol. The first-order valence-corrected chi connectivity index (χ1v) is 13.6. The second-order valence-corrected chi connectivity index (χ2v) is 8.93. The van der Waals surface area contributed by atoms with Crippen LogP contribution in [0.15, 0.2) is 72.8 Å². The van der Waals surface area contributed by atoms with Crippen molar-refractivity contribution in [3.8, 4) is 5.75 Å². The highest BCUT2D eigenvalue weighted by atomic mass is 19.4. The van der Waals surface area contributed by atoms with Crippen LogP contribution in [0.4, 0.5) is 30.2 Å². The molecule has 0 fully saturated rings. The van der Waals surface area contributed by atoms with E-state index in [1.165, 1.54) is 42.5 Å². The smallest absolute Gasteiger partial charge is 0.416 e. The average Bonchev–Trinajstić information content (AvgIpc) is 3.01. The standard InChI is InChI=1S/C30H33F3N2O9/c31-30(32,33)23-4-3-5-24(22-23)34-28-7-2-1-6-27(28)29(36)44-21-19-42-17-15-40-13-12-39-14-16-41-18-20-43-26-10-8-25(9-11-26)35(37)38/h1-11,22,34H,12-21H2. The summed E-state index contributed by atoms with van der Waals surface area (Å²) in [5.41, 5.74) is -0.130. The van der Waals surface area contributed by atoms with Crippen LogP contribution in [0.25, 0.3) is 0 Å². The van der Waals surface area contributed by atoms with Gasteiger partial charge in [0, 0.05) is 17.8 Å². The number of nitrogens with zero attached hydrogens (tertiary/aromatic N) is 1. The van der Waals surface area contributed by atoms with Crippen molar-refractivity contribution >= 4 is 23.0 Å². The lowest BCUT2D eigenvalue weighted by Gasteiger charge is -2.13. The van der Waals surface area contributed by atoms with Crippen molar-refractivity contribution in [3.63, 3.8) is 0 Å². The van der Waals surface area contributed by atoms with E-state index in [-0.39, 0.29) is 36.8 Å². The van der Waals surface area contributed by atoms with Gasteiger partial charge < -0.3 is 33.7 Å². The number of halogens is 3. The number of anilines is 2. The molecule has 0 aromatic heterocycles. The van der Waals surface area contributed by atoms with E-state index >= 15 is 0 Å². The highest BCUT2D eigenvalue weighted by Crippen LogP contribution is 2.32. The van der Waals surface area contributed by atoms with E-state index in [1.807, 2.05) is 0 Å². The zero-order chi connectivity index (χ0) is 31.6. The minimum Gasteiger partial charge on any atom is -0.491 e. The molecule has 0 amide bonds. The quantitative estimate of drug-likeness (QED) is 0.0730. The summed E-state index contributed by atoms with van der Waals surface area (Å²) in [5, 5.41) is 13.5. The Balaban J connectivity index is 1.17. The molecule has 0 spiro atoms. The maximum Gasteiger partial charge on any atom is 0.416 e. The highest BCUT2D eigenvalue weighted by molar-refractivity contribution is 5.96. The number of hydrogen-bond donors (Lipinski definition) is 1. The number of alkyl halides is 3. The zero-order valence-electron chi connectivity index (χ0n) is 23.8. The van der Waals surface area contributed by atoms with Gasteiger partial charge in [0.15, 0.2) is 0 Å². The summed E-state index contributed by atoms with van der Waals surface area (Å²) in [6.07, 6.45) is -4.48. The third kappa shape index (κ3) is 12.6. The van der Waals surface area contributed by atoms with Gasteiger partial charge in [-0.3, -0.25) is 10.1 Å². The second kappa shape index (κ2) is 18.4. The van der Waals surface area contributed by atoms with Crippen molar-refractivity contribution in [1.82, 2.24) is 0 Å². The van der Waals surface area contributed by atoms with Crippen LogP contribution in [-0.4, -0.2) is 77.0 Å². The van der Waals surface area contributed by atoms with Crippen LogP contribution in [0.5, 0.6) is 5.75 Å². The third-order valence-corrected chi connectivity index (χ3v) is 5.74. The number of benzene rings is 3. The number of nitro benzene ring substituents is 1. The molecular formula is C30H33F3N2O9. The van der Waals surface area contributed by atoms with Gasteiger partial charge in [0.2, 0.25) is 0 Å². The van der Waals surface area contributed by atoms with E-state index in [2.05, 4.69) is 5.32 Å². The fourth-order valence-electron chi connectivity index (χ4n) is 3.61. The van der Waals surface area contributed by atoms with Crippen LogP contribution in [0.2, 0.25) is 0 Å². The maximum atomic E-state index is 13.0. The van der Waals surface area contributed by atoms with Gasteiger partial charge in [-0.05, 0) is 42.5 Å². The van der Waals surface area contributed by atoms with Gasteiger partial charge in [-0.15, -0.1) is 0 Å². The number of para-hydroxylation sites is 1. The van der Waals surface area contributed by atoms with E-state index in [0.29, 0.717) is 57.7 Å². The summed E-state index contributed by atoms with van der Waals surface area (Å²) in [6.45, 7) is 2.84. The van der Waals surface area contributed by atoms with Crippen LogP contribution < -0.4 is 10.1 Å². The van der Waals surface area contributed by atoms with Gasteiger partial charge >= 0.3 is 12.1 Å². The molecule has 0 atom stereocenters. The Labute approximate surface area is 251 Å². The number of carbonyl (C=O) groups excluding carboxylic acids is 1. The van der Waals surface area contributed by atoms with Gasteiger partial charge in [0.1, 0.15) is 19.0 Å². The van der Waals surface area contributed by atoms with Gasteiger partial charge in [0.25, 0.3) is 5.69 Å². The van der Waals surface area contributed by atoms with Gasteiger partial charge in [-0.25, -0.2) is 4.79 Å². The van der Waals surface area contributed by atoms with Crippen molar-refractivity contribution in [2.24, 2.45) is 0 Å². The Kier molecular flexibility index (Phi) is 14.3. The Bertz CT molecular complexity index is 1310. The molecule has 0 saturated heterocycles. The fraction of sp³-hybridized carbons (Fsp3) is 0.367. The lowest BCUT2D eigenvalue weighted by atomic mass is 10.1. The Hall–Kier alpha value is -4.24. The number of nitrogens with one attached hydrogen (secondary N) is 1. The SMILES string of the molecule is O=C(OCCOCCOCCOCCOCCOc1ccc([N+](=O)[O-])cc1)c1ccccc1Nc1cccc(C(F)(F)F)c1. The molecule has 0 unspecified atom stereocenters. The molecule has 0 radical (unpaired) electrons. The summed E-state index contributed by atoms with van der Waals surface area (Å²) < 4.78 is 71.3. The number of nitro groups is 1. The first kappa shape index (κ1) is 34.3. The van der Waals surface area contributed by atoms with Crippen LogP contribution in [0.1, 0.15) is 15.9 Å². The molecule has 0 heterocycles. The van der Waals surface area contributed by atoms with Crippen LogP contribution >= 0.6 is 0 Å². The van der Waals surface area contributed by atoms with E-state index in [1.54, 1.807) is 18.2 Å².